The smallest absolute Gasteiger partial charge is 0.138 e. The topological polar surface area (TPSA) is 49.5 Å². The van der Waals surface area contributed by atoms with E-state index in [9.17, 15) is 5.11 Å². The first-order valence-corrected chi connectivity index (χ1v) is 4.84. The summed E-state index contributed by atoms with van der Waals surface area (Å²) in [5.74, 6) is 0.883. The second-order valence-electron chi connectivity index (χ2n) is 4.44. The average molecular weight is 196 g/mol. The predicted octanol–water partition coefficient (Wildman–Crippen LogP) is 0.858. The molecule has 1 fully saturated rings. The first-order chi connectivity index (χ1) is 6.48. The maximum absolute atomic E-state index is 9.57. The van der Waals surface area contributed by atoms with Crippen LogP contribution in [0.2, 0.25) is 0 Å². The molecule has 2 rings (SSSR count). The highest BCUT2D eigenvalue weighted by atomic mass is 16.5. The average Bonchev–Trinajstić information content (AvgIpc) is 2.32. The van der Waals surface area contributed by atoms with E-state index in [0.717, 1.165) is 36.7 Å². The zero-order valence-electron chi connectivity index (χ0n) is 8.87. The zero-order valence-corrected chi connectivity index (χ0v) is 8.87. The van der Waals surface area contributed by atoms with Crippen LogP contribution in [0.25, 0.3) is 0 Å². The first-order valence-electron chi connectivity index (χ1n) is 4.84. The monoisotopic (exact) mass is 196 g/mol. The molecule has 1 aromatic heterocycles. The Hall–Kier alpha value is -0.870. The van der Waals surface area contributed by atoms with E-state index in [0.29, 0.717) is 0 Å². The van der Waals surface area contributed by atoms with Gasteiger partial charge in [-0.1, -0.05) is 5.16 Å². The van der Waals surface area contributed by atoms with Gasteiger partial charge in [0.15, 0.2) is 0 Å². The van der Waals surface area contributed by atoms with Crippen molar-refractivity contribution in [1.82, 2.24) is 10.1 Å². The standard InChI is InChI=1S/C10H16N2O2/c1-7-9(8(2)14-11-7)4-12-5-10(3,13)6-12/h13H,4-6H2,1-3H3. The number of aryl methyl sites for hydroxylation is 2. The van der Waals surface area contributed by atoms with Crippen molar-refractivity contribution >= 4 is 0 Å². The van der Waals surface area contributed by atoms with Crippen molar-refractivity contribution in [2.24, 2.45) is 0 Å². The highest BCUT2D eigenvalue weighted by molar-refractivity contribution is 5.21. The van der Waals surface area contributed by atoms with Crippen LogP contribution in [0.4, 0.5) is 0 Å². The van der Waals surface area contributed by atoms with Gasteiger partial charge in [-0.15, -0.1) is 0 Å². The molecule has 0 spiro atoms. The molecule has 0 aliphatic carbocycles. The maximum Gasteiger partial charge on any atom is 0.138 e. The molecule has 14 heavy (non-hydrogen) atoms. The van der Waals surface area contributed by atoms with E-state index in [1.807, 2.05) is 20.8 Å². The van der Waals surface area contributed by atoms with E-state index in [-0.39, 0.29) is 0 Å². The summed E-state index contributed by atoms with van der Waals surface area (Å²) in [5.41, 5.74) is 1.61. The lowest BCUT2D eigenvalue weighted by atomic mass is 9.96. The molecule has 0 saturated carbocycles. The summed E-state index contributed by atoms with van der Waals surface area (Å²) < 4.78 is 5.08. The molecule has 2 heterocycles. The third-order valence-corrected chi connectivity index (χ3v) is 2.69. The van der Waals surface area contributed by atoms with E-state index >= 15 is 0 Å². The van der Waals surface area contributed by atoms with Crippen LogP contribution >= 0.6 is 0 Å². The van der Waals surface area contributed by atoms with Crippen LogP contribution in [0, 0.1) is 13.8 Å². The highest BCUT2D eigenvalue weighted by Crippen LogP contribution is 2.24. The minimum Gasteiger partial charge on any atom is -0.388 e. The Bertz CT molecular complexity index is 316. The molecule has 1 aliphatic heterocycles. The van der Waals surface area contributed by atoms with Crippen LogP contribution in [-0.2, 0) is 6.54 Å². The summed E-state index contributed by atoms with van der Waals surface area (Å²) in [6, 6.07) is 0. The lowest BCUT2D eigenvalue weighted by Gasteiger charge is -2.44. The molecule has 0 aromatic carbocycles. The van der Waals surface area contributed by atoms with Gasteiger partial charge in [0.1, 0.15) is 5.76 Å². The number of rotatable bonds is 2. The van der Waals surface area contributed by atoms with Gasteiger partial charge in [0, 0.05) is 25.2 Å². The zero-order chi connectivity index (χ0) is 10.3. The Kier molecular flexibility index (Phi) is 2.12. The van der Waals surface area contributed by atoms with E-state index in [2.05, 4.69) is 10.1 Å². The van der Waals surface area contributed by atoms with Crippen molar-refractivity contribution in [1.29, 1.82) is 0 Å². The van der Waals surface area contributed by atoms with Gasteiger partial charge in [0.05, 0.1) is 11.3 Å². The molecule has 4 heteroatoms. The Morgan fingerprint density at radius 3 is 2.57 bits per heavy atom. The second kappa shape index (κ2) is 3.07. The molecule has 1 saturated heterocycles. The van der Waals surface area contributed by atoms with Crippen molar-refractivity contribution in [3.8, 4) is 0 Å². The molecule has 0 bridgehead atoms. The Morgan fingerprint density at radius 1 is 1.50 bits per heavy atom. The Morgan fingerprint density at radius 2 is 2.14 bits per heavy atom. The van der Waals surface area contributed by atoms with E-state index in [1.165, 1.54) is 0 Å². The SMILES string of the molecule is Cc1noc(C)c1CN1CC(C)(O)C1. The van der Waals surface area contributed by atoms with Gasteiger partial charge in [0.2, 0.25) is 0 Å². The summed E-state index contributed by atoms with van der Waals surface area (Å²) in [6.45, 7) is 8.03. The summed E-state index contributed by atoms with van der Waals surface area (Å²) in [4.78, 5) is 2.19. The second-order valence-corrected chi connectivity index (χ2v) is 4.44. The minimum atomic E-state index is -0.501. The third kappa shape index (κ3) is 1.67. The van der Waals surface area contributed by atoms with Gasteiger partial charge >= 0.3 is 0 Å². The van der Waals surface area contributed by atoms with Crippen molar-refractivity contribution < 1.29 is 9.63 Å². The molecule has 4 nitrogen and oxygen atoms in total. The summed E-state index contributed by atoms with van der Waals surface area (Å²) >= 11 is 0. The Balaban J connectivity index is 1.99. The lowest BCUT2D eigenvalue weighted by Crippen LogP contribution is -2.59. The molecule has 1 aromatic rings. The van der Waals surface area contributed by atoms with Gasteiger partial charge in [-0.2, -0.15) is 0 Å². The van der Waals surface area contributed by atoms with Crippen LogP contribution in [0.1, 0.15) is 23.9 Å². The number of hydrogen-bond donors (Lipinski definition) is 1. The van der Waals surface area contributed by atoms with Crippen LogP contribution in [0.3, 0.4) is 0 Å². The molecule has 78 valence electrons. The number of β-amino-alcohol motifs (C(OH)–C–C–N with tert-alkyl or cyclic N) is 1. The summed E-state index contributed by atoms with van der Waals surface area (Å²) in [5, 5.41) is 13.5. The van der Waals surface area contributed by atoms with Gasteiger partial charge < -0.3 is 9.63 Å². The largest absolute Gasteiger partial charge is 0.388 e. The molecular formula is C10H16N2O2. The molecule has 0 atom stereocenters. The number of likely N-dealkylation sites (tertiary alicyclic amines) is 1. The quantitative estimate of drug-likeness (QED) is 0.762. The number of hydrogen-bond acceptors (Lipinski definition) is 4. The van der Waals surface area contributed by atoms with Gasteiger partial charge in [0.25, 0.3) is 0 Å². The maximum atomic E-state index is 9.57. The molecule has 1 N–H and O–H groups in total. The number of nitrogens with zero attached hydrogens (tertiary/aromatic N) is 2. The van der Waals surface area contributed by atoms with Crippen molar-refractivity contribution in [2.75, 3.05) is 13.1 Å². The number of aliphatic hydroxyl groups is 1. The first kappa shape index (κ1) is 9.68. The van der Waals surface area contributed by atoms with Crippen LogP contribution in [0.15, 0.2) is 4.52 Å². The highest BCUT2D eigenvalue weighted by Gasteiger charge is 2.36. The summed E-state index contributed by atoms with van der Waals surface area (Å²) in [7, 11) is 0. The molecule has 0 amide bonds. The van der Waals surface area contributed by atoms with E-state index in [1.54, 1.807) is 0 Å². The third-order valence-electron chi connectivity index (χ3n) is 2.69. The Labute approximate surface area is 83.5 Å². The van der Waals surface area contributed by atoms with Crippen molar-refractivity contribution in [3.63, 3.8) is 0 Å². The van der Waals surface area contributed by atoms with Gasteiger partial charge in [-0.05, 0) is 20.8 Å². The van der Waals surface area contributed by atoms with Gasteiger partial charge in [-0.3, -0.25) is 4.90 Å². The fourth-order valence-corrected chi connectivity index (χ4v) is 1.98. The normalized spacial score (nSPS) is 20.9. The van der Waals surface area contributed by atoms with Crippen molar-refractivity contribution in [2.45, 2.75) is 32.9 Å². The lowest BCUT2D eigenvalue weighted by molar-refractivity contribution is -0.0873. The van der Waals surface area contributed by atoms with E-state index < -0.39 is 5.60 Å². The van der Waals surface area contributed by atoms with E-state index in [4.69, 9.17) is 4.52 Å². The fraction of sp³-hybridized carbons (Fsp3) is 0.700. The van der Waals surface area contributed by atoms with Crippen molar-refractivity contribution in [3.05, 3.63) is 17.0 Å². The fourth-order valence-electron chi connectivity index (χ4n) is 1.98. The molecular weight excluding hydrogens is 180 g/mol. The van der Waals surface area contributed by atoms with Crippen LogP contribution < -0.4 is 0 Å². The summed E-state index contributed by atoms with van der Waals surface area (Å²) in [6.07, 6.45) is 0. The molecule has 0 radical (unpaired) electrons. The molecule has 1 aliphatic rings. The minimum absolute atomic E-state index is 0.501. The van der Waals surface area contributed by atoms with Crippen LogP contribution in [-0.4, -0.2) is 33.9 Å². The number of aromatic nitrogens is 1. The van der Waals surface area contributed by atoms with Crippen LogP contribution in [0.5, 0.6) is 0 Å². The molecule has 0 unspecified atom stereocenters. The predicted molar refractivity (Wildman–Crippen MR) is 51.9 cm³/mol. The van der Waals surface area contributed by atoms with Gasteiger partial charge in [-0.25, -0.2) is 0 Å².